The van der Waals surface area contributed by atoms with Crippen LogP contribution in [0, 0.1) is 11.8 Å². The van der Waals surface area contributed by atoms with E-state index in [1.54, 1.807) is 0 Å². The lowest BCUT2D eigenvalue weighted by Gasteiger charge is -2.34. The van der Waals surface area contributed by atoms with Crippen molar-refractivity contribution in [3.8, 4) is 11.8 Å². The molecular formula is C14H17N. The van der Waals surface area contributed by atoms with E-state index in [2.05, 4.69) is 36.1 Å². The minimum Gasteiger partial charge on any atom is -0.327 e. The third-order valence-corrected chi connectivity index (χ3v) is 3.19. The molecule has 0 saturated carbocycles. The summed E-state index contributed by atoms with van der Waals surface area (Å²) in [5.41, 5.74) is 9.09. The van der Waals surface area contributed by atoms with Gasteiger partial charge in [0.05, 0.1) is 0 Å². The second-order valence-corrected chi connectivity index (χ2v) is 4.14. The highest BCUT2D eigenvalue weighted by Crippen LogP contribution is 2.37. The van der Waals surface area contributed by atoms with Crippen molar-refractivity contribution in [2.24, 2.45) is 5.73 Å². The van der Waals surface area contributed by atoms with Gasteiger partial charge in [-0.3, -0.25) is 0 Å². The third-order valence-electron chi connectivity index (χ3n) is 3.19. The minimum atomic E-state index is 0.278. The molecule has 2 atom stereocenters. The number of nitrogens with two attached hydrogens (primary N) is 1. The average Bonchev–Trinajstić information content (AvgIpc) is 2.20. The molecule has 78 valence electrons. The SMILES string of the molecule is CC#CCCC(N)C1Cc2ccccc21. The zero-order valence-electron chi connectivity index (χ0n) is 9.16. The summed E-state index contributed by atoms with van der Waals surface area (Å²) in [5, 5.41) is 0. The predicted molar refractivity (Wildman–Crippen MR) is 63.5 cm³/mol. The third kappa shape index (κ3) is 2.06. The van der Waals surface area contributed by atoms with Gasteiger partial charge in [-0.1, -0.05) is 24.3 Å². The van der Waals surface area contributed by atoms with Crippen LogP contribution in [0.3, 0.4) is 0 Å². The average molecular weight is 199 g/mol. The quantitative estimate of drug-likeness (QED) is 0.743. The molecule has 1 heteroatoms. The lowest BCUT2D eigenvalue weighted by atomic mass is 9.73. The van der Waals surface area contributed by atoms with Crippen LogP contribution in [0.15, 0.2) is 24.3 Å². The van der Waals surface area contributed by atoms with Gasteiger partial charge in [0, 0.05) is 18.4 Å². The van der Waals surface area contributed by atoms with Crippen molar-refractivity contribution in [2.45, 2.75) is 38.1 Å². The molecule has 2 rings (SSSR count). The van der Waals surface area contributed by atoms with Crippen LogP contribution >= 0.6 is 0 Å². The Morgan fingerprint density at radius 3 is 3.00 bits per heavy atom. The van der Waals surface area contributed by atoms with Gasteiger partial charge in [0.15, 0.2) is 0 Å². The summed E-state index contributed by atoms with van der Waals surface area (Å²) in [6.45, 7) is 1.88. The van der Waals surface area contributed by atoms with Crippen molar-refractivity contribution < 1.29 is 0 Å². The summed E-state index contributed by atoms with van der Waals surface area (Å²) in [6.07, 6.45) is 3.09. The molecular weight excluding hydrogens is 182 g/mol. The second kappa shape index (κ2) is 4.51. The number of hydrogen-bond donors (Lipinski definition) is 1. The van der Waals surface area contributed by atoms with Crippen LogP contribution in [0.25, 0.3) is 0 Å². The first-order valence-electron chi connectivity index (χ1n) is 5.56. The first-order valence-corrected chi connectivity index (χ1v) is 5.56. The van der Waals surface area contributed by atoms with Gasteiger partial charge in [-0.05, 0) is 30.9 Å². The summed E-state index contributed by atoms with van der Waals surface area (Å²) in [7, 11) is 0. The van der Waals surface area contributed by atoms with E-state index >= 15 is 0 Å². The molecule has 1 aliphatic rings. The largest absolute Gasteiger partial charge is 0.327 e. The molecule has 0 saturated heterocycles. The van der Waals surface area contributed by atoms with Crippen molar-refractivity contribution in [3.05, 3.63) is 35.4 Å². The van der Waals surface area contributed by atoms with Gasteiger partial charge in [-0.2, -0.15) is 0 Å². The summed E-state index contributed by atoms with van der Waals surface area (Å²) < 4.78 is 0. The molecule has 15 heavy (non-hydrogen) atoms. The molecule has 0 amide bonds. The van der Waals surface area contributed by atoms with Crippen LogP contribution < -0.4 is 5.73 Å². The summed E-state index contributed by atoms with van der Waals surface area (Å²) in [4.78, 5) is 0. The highest BCUT2D eigenvalue weighted by atomic mass is 14.7. The summed E-state index contributed by atoms with van der Waals surface area (Å²) >= 11 is 0. The first-order chi connectivity index (χ1) is 7.33. The molecule has 0 aliphatic heterocycles. The molecule has 0 spiro atoms. The number of benzene rings is 1. The Hall–Kier alpha value is -1.26. The van der Waals surface area contributed by atoms with Gasteiger partial charge in [0.1, 0.15) is 0 Å². The maximum atomic E-state index is 6.17. The maximum absolute atomic E-state index is 6.17. The van der Waals surface area contributed by atoms with E-state index < -0.39 is 0 Å². The van der Waals surface area contributed by atoms with Gasteiger partial charge in [0.2, 0.25) is 0 Å². The van der Waals surface area contributed by atoms with E-state index in [4.69, 9.17) is 5.73 Å². The standard InChI is InChI=1S/C14H17N/c1-2-3-4-9-14(15)13-10-11-7-5-6-8-12(11)13/h5-8,13-14H,4,9-10,15H2,1H3. The number of fused-ring (bicyclic) bond motifs is 1. The molecule has 0 radical (unpaired) electrons. The fraction of sp³-hybridized carbons (Fsp3) is 0.429. The van der Waals surface area contributed by atoms with Crippen LogP contribution in [0.5, 0.6) is 0 Å². The normalized spacial score (nSPS) is 19.5. The first kappa shape index (κ1) is 10.3. The molecule has 1 nitrogen and oxygen atoms in total. The molecule has 1 aromatic rings. The van der Waals surface area contributed by atoms with E-state index in [9.17, 15) is 0 Å². The van der Waals surface area contributed by atoms with Gasteiger partial charge < -0.3 is 5.73 Å². The van der Waals surface area contributed by atoms with Crippen LogP contribution in [-0.4, -0.2) is 6.04 Å². The zero-order valence-corrected chi connectivity index (χ0v) is 9.16. The van der Waals surface area contributed by atoms with E-state index in [0.29, 0.717) is 5.92 Å². The topological polar surface area (TPSA) is 26.0 Å². The number of hydrogen-bond acceptors (Lipinski definition) is 1. The summed E-state index contributed by atoms with van der Waals surface area (Å²) in [5.74, 6) is 6.56. The Bertz CT molecular complexity index is 397. The van der Waals surface area contributed by atoms with Crippen molar-refractivity contribution >= 4 is 0 Å². The van der Waals surface area contributed by atoms with Crippen molar-refractivity contribution in [2.75, 3.05) is 0 Å². The molecule has 0 bridgehead atoms. The van der Waals surface area contributed by atoms with Crippen LogP contribution in [0.4, 0.5) is 0 Å². The summed E-state index contributed by atoms with van der Waals surface area (Å²) in [6, 6.07) is 8.88. The van der Waals surface area contributed by atoms with E-state index in [1.165, 1.54) is 11.1 Å². The van der Waals surface area contributed by atoms with Crippen LogP contribution in [0.1, 0.15) is 36.8 Å². The Balaban J connectivity index is 1.94. The van der Waals surface area contributed by atoms with E-state index in [1.807, 2.05) is 6.92 Å². The zero-order chi connectivity index (χ0) is 10.7. The van der Waals surface area contributed by atoms with Gasteiger partial charge in [-0.15, -0.1) is 11.8 Å². The smallest absolute Gasteiger partial charge is 0.0120 e. The molecule has 2 unspecified atom stereocenters. The highest BCUT2D eigenvalue weighted by Gasteiger charge is 2.29. The molecule has 2 N–H and O–H groups in total. The lowest BCUT2D eigenvalue weighted by Crippen LogP contribution is -2.35. The minimum absolute atomic E-state index is 0.278. The molecule has 0 heterocycles. The van der Waals surface area contributed by atoms with Gasteiger partial charge in [-0.25, -0.2) is 0 Å². The van der Waals surface area contributed by atoms with Crippen LogP contribution in [-0.2, 0) is 6.42 Å². The highest BCUT2D eigenvalue weighted by molar-refractivity contribution is 5.41. The fourth-order valence-corrected chi connectivity index (χ4v) is 2.24. The van der Waals surface area contributed by atoms with E-state index in [-0.39, 0.29) is 6.04 Å². The van der Waals surface area contributed by atoms with Crippen molar-refractivity contribution in [1.29, 1.82) is 0 Å². The van der Waals surface area contributed by atoms with Gasteiger partial charge >= 0.3 is 0 Å². The number of rotatable bonds is 3. The Labute approximate surface area is 91.7 Å². The molecule has 0 fully saturated rings. The molecule has 1 aliphatic carbocycles. The monoisotopic (exact) mass is 199 g/mol. The van der Waals surface area contributed by atoms with Crippen molar-refractivity contribution in [3.63, 3.8) is 0 Å². The van der Waals surface area contributed by atoms with Crippen molar-refractivity contribution in [1.82, 2.24) is 0 Å². The fourth-order valence-electron chi connectivity index (χ4n) is 2.24. The van der Waals surface area contributed by atoms with Crippen LogP contribution in [0.2, 0.25) is 0 Å². The predicted octanol–water partition coefficient (Wildman–Crippen LogP) is 2.46. The molecule has 1 aromatic carbocycles. The Kier molecular flexibility index (Phi) is 3.08. The lowest BCUT2D eigenvalue weighted by molar-refractivity contribution is 0.462. The maximum Gasteiger partial charge on any atom is 0.0120 e. The Morgan fingerprint density at radius 1 is 1.47 bits per heavy atom. The Morgan fingerprint density at radius 2 is 2.27 bits per heavy atom. The molecule has 0 aromatic heterocycles. The van der Waals surface area contributed by atoms with E-state index in [0.717, 1.165) is 19.3 Å². The van der Waals surface area contributed by atoms with Gasteiger partial charge in [0.25, 0.3) is 0 Å². The second-order valence-electron chi connectivity index (χ2n) is 4.14.